The van der Waals surface area contributed by atoms with Crippen LogP contribution in [0.25, 0.3) is 0 Å². The number of carbonyl (C=O) groups is 1. The Kier molecular flexibility index (Phi) is 5.80. The zero-order valence-electron chi connectivity index (χ0n) is 15.8. The van der Waals surface area contributed by atoms with Crippen molar-refractivity contribution in [3.8, 4) is 0 Å². The second kappa shape index (κ2) is 8.63. The summed E-state index contributed by atoms with van der Waals surface area (Å²) in [7, 11) is 0. The Hall–Kier alpha value is -2.24. The van der Waals surface area contributed by atoms with Gasteiger partial charge in [-0.15, -0.1) is 0 Å². The molecular formula is C22H28N4O. The largest absolute Gasteiger partial charge is 0.351 e. The van der Waals surface area contributed by atoms with E-state index in [1.807, 2.05) is 42.6 Å². The molecule has 0 radical (unpaired) electrons. The van der Waals surface area contributed by atoms with Gasteiger partial charge in [-0.1, -0.05) is 36.4 Å². The molecule has 1 N–H and O–H groups in total. The first-order chi connectivity index (χ1) is 13.3. The molecule has 142 valence electrons. The number of piperidine rings is 3. The summed E-state index contributed by atoms with van der Waals surface area (Å²) in [4.78, 5) is 21.8. The SMILES string of the molecule is O=C(CN(Cc1cccnc1)[C@@H]1CN2CCC1CC2)NCc1ccccc1. The topological polar surface area (TPSA) is 48.5 Å². The van der Waals surface area contributed by atoms with E-state index in [0.29, 0.717) is 25.0 Å². The molecule has 3 fully saturated rings. The molecule has 3 aliphatic heterocycles. The molecule has 5 heteroatoms. The number of amides is 1. The number of fused-ring (bicyclic) bond motifs is 3. The maximum Gasteiger partial charge on any atom is 0.234 e. The van der Waals surface area contributed by atoms with E-state index in [4.69, 9.17) is 0 Å². The Morgan fingerprint density at radius 1 is 1.11 bits per heavy atom. The third-order valence-electron chi connectivity index (χ3n) is 5.88. The molecule has 3 saturated heterocycles. The number of pyridine rings is 1. The first kappa shape index (κ1) is 18.1. The predicted molar refractivity (Wildman–Crippen MR) is 106 cm³/mol. The van der Waals surface area contributed by atoms with Gasteiger partial charge in [0.25, 0.3) is 0 Å². The predicted octanol–water partition coefficient (Wildman–Crippen LogP) is 2.29. The van der Waals surface area contributed by atoms with E-state index in [1.165, 1.54) is 31.5 Å². The minimum atomic E-state index is 0.0965. The Morgan fingerprint density at radius 2 is 1.89 bits per heavy atom. The van der Waals surface area contributed by atoms with Crippen molar-refractivity contribution in [1.82, 2.24) is 20.1 Å². The van der Waals surface area contributed by atoms with Crippen molar-refractivity contribution < 1.29 is 4.79 Å². The summed E-state index contributed by atoms with van der Waals surface area (Å²) in [6.07, 6.45) is 6.21. The van der Waals surface area contributed by atoms with Crippen LogP contribution in [0, 0.1) is 5.92 Å². The fraction of sp³-hybridized carbons (Fsp3) is 0.455. The summed E-state index contributed by atoms with van der Waals surface area (Å²) in [5.41, 5.74) is 2.30. The van der Waals surface area contributed by atoms with Crippen molar-refractivity contribution in [2.75, 3.05) is 26.2 Å². The minimum absolute atomic E-state index is 0.0965. The van der Waals surface area contributed by atoms with Crippen molar-refractivity contribution in [2.45, 2.75) is 32.0 Å². The standard InChI is InChI=1S/C22H28N4O/c27-22(24-14-18-5-2-1-3-6-18)17-26(15-19-7-4-10-23-13-19)21-16-25-11-8-20(21)9-12-25/h1-7,10,13,20-21H,8-9,11-12,14-17H2,(H,24,27)/t21-/m1/s1. The Balaban J connectivity index is 1.42. The molecule has 1 amide bonds. The Morgan fingerprint density at radius 3 is 2.56 bits per heavy atom. The zero-order valence-corrected chi connectivity index (χ0v) is 15.8. The molecule has 1 atom stereocenters. The number of rotatable bonds is 7. The lowest BCUT2D eigenvalue weighted by atomic mass is 9.83. The maximum atomic E-state index is 12.7. The van der Waals surface area contributed by atoms with Gasteiger partial charge in [-0.25, -0.2) is 0 Å². The van der Waals surface area contributed by atoms with Crippen molar-refractivity contribution >= 4 is 5.91 Å². The molecule has 2 bridgehead atoms. The molecule has 0 saturated carbocycles. The highest BCUT2D eigenvalue weighted by atomic mass is 16.2. The van der Waals surface area contributed by atoms with E-state index >= 15 is 0 Å². The molecule has 0 unspecified atom stereocenters. The van der Waals surface area contributed by atoms with Gasteiger partial charge in [0.2, 0.25) is 5.91 Å². The molecule has 5 rings (SSSR count). The van der Waals surface area contributed by atoms with E-state index < -0.39 is 0 Å². The Bertz CT molecular complexity index is 728. The molecule has 1 aromatic heterocycles. The Labute approximate surface area is 161 Å². The average molecular weight is 364 g/mol. The van der Waals surface area contributed by atoms with Crippen LogP contribution < -0.4 is 5.32 Å². The molecule has 3 aliphatic rings. The smallest absolute Gasteiger partial charge is 0.234 e. The van der Waals surface area contributed by atoms with Gasteiger partial charge in [0.05, 0.1) is 6.54 Å². The van der Waals surface area contributed by atoms with Crippen LogP contribution in [0.1, 0.15) is 24.0 Å². The fourth-order valence-electron chi connectivity index (χ4n) is 4.40. The lowest BCUT2D eigenvalue weighted by Gasteiger charge is -2.49. The molecule has 4 heterocycles. The molecule has 27 heavy (non-hydrogen) atoms. The first-order valence-corrected chi connectivity index (χ1v) is 9.94. The third kappa shape index (κ3) is 4.73. The minimum Gasteiger partial charge on any atom is -0.351 e. The fourth-order valence-corrected chi connectivity index (χ4v) is 4.40. The summed E-state index contributed by atoms with van der Waals surface area (Å²) < 4.78 is 0. The van der Waals surface area contributed by atoms with Gasteiger partial charge in [-0.2, -0.15) is 0 Å². The van der Waals surface area contributed by atoms with Crippen LogP contribution in [0.2, 0.25) is 0 Å². The van der Waals surface area contributed by atoms with Gasteiger partial charge in [0, 0.05) is 38.1 Å². The molecule has 0 aliphatic carbocycles. The van der Waals surface area contributed by atoms with E-state index in [2.05, 4.69) is 26.2 Å². The van der Waals surface area contributed by atoms with Crippen molar-refractivity contribution in [1.29, 1.82) is 0 Å². The summed E-state index contributed by atoms with van der Waals surface area (Å²) in [6.45, 7) is 5.31. The van der Waals surface area contributed by atoms with Crippen LogP contribution in [0.15, 0.2) is 54.9 Å². The monoisotopic (exact) mass is 364 g/mol. The van der Waals surface area contributed by atoms with E-state index in [0.717, 1.165) is 18.7 Å². The second-order valence-electron chi connectivity index (χ2n) is 7.73. The summed E-state index contributed by atoms with van der Waals surface area (Å²) >= 11 is 0. The molecular weight excluding hydrogens is 336 g/mol. The van der Waals surface area contributed by atoms with Gasteiger partial charge in [-0.3, -0.25) is 14.7 Å². The van der Waals surface area contributed by atoms with Crippen LogP contribution >= 0.6 is 0 Å². The highest BCUT2D eigenvalue weighted by molar-refractivity contribution is 5.78. The molecule has 5 nitrogen and oxygen atoms in total. The van der Waals surface area contributed by atoms with Gasteiger partial charge in [0.1, 0.15) is 0 Å². The quantitative estimate of drug-likeness (QED) is 0.819. The van der Waals surface area contributed by atoms with E-state index in [-0.39, 0.29) is 5.91 Å². The molecule has 0 spiro atoms. The number of hydrogen-bond donors (Lipinski definition) is 1. The van der Waals surface area contributed by atoms with Gasteiger partial charge in [0.15, 0.2) is 0 Å². The normalized spacial score (nSPS) is 24.1. The summed E-state index contributed by atoms with van der Waals surface area (Å²) in [6, 6.07) is 14.6. The highest BCUT2D eigenvalue weighted by Crippen LogP contribution is 2.31. The number of hydrogen-bond acceptors (Lipinski definition) is 4. The number of benzene rings is 1. The number of nitrogens with zero attached hydrogens (tertiary/aromatic N) is 3. The maximum absolute atomic E-state index is 12.7. The summed E-state index contributed by atoms with van der Waals surface area (Å²) in [5, 5.41) is 3.09. The van der Waals surface area contributed by atoms with Crippen molar-refractivity contribution in [3.63, 3.8) is 0 Å². The van der Waals surface area contributed by atoms with Crippen molar-refractivity contribution in [3.05, 3.63) is 66.0 Å². The van der Waals surface area contributed by atoms with Crippen LogP contribution in [0.5, 0.6) is 0 Å². The molecule has 1 aromatic carbocycles. The number of nitrogens with one attached hydrogen (secondary N) is 1. The van der Waals surface area contributed by atoms with Gasteiger partial charge in [-0.05, 0) is 49.0 Å². The average Bonchev–Trinajstić information content (AvgIpc) is 2.74. The number of carbonyl (C=O) groups excluding carboxylic acids is 1. The first-order valence-electron chi connectivity index (χ1n) is 9.94. The van der Waals surface area contributed by atoms with E-state index in [1.54, 1.807) is 6.20 Å². The number of aromatic nitrogens is 1. The van der Waals surface area contributed by atoms with Gasteiger partial charge >= 0.3 is 0 Å². The lowest BCUT2D eigenvalue weighted by Crippen LogP contribution is -2.58. The third-order valence-corrected chi connectivity index (χ3v) is 5.88. The van der Waals surface area contributed by atoms with Gasteiger partial charge < -0.3 is 10.2 Å². The van der Waals surface area contributed by atoms with Crippen LogP contribution in [-0.2, 0) is 17.9 Å². The summed E-state index contributed by atoms with van der Waals surface area (Å²) in [5.74, 6) is 0.799. The van der Waals surface area contributed by atoms with Crippen molar-refractivity contribution in [2.24, 2.45) is 5.92 Å². The van der Waals surface area contributed by atoms with Crippen LogP contribution in [-0.4, -0.2) is 52.9 Å². The van der Waals surface area contributed by atoms with Crippen LogP contribution in [0.4, 0.5) is 0 Å². The second-order valence-corrected chi connectivity index (χ2v) is 7.73. The molecule has 2 aromatic rings. The van der Waals surface area contributed by atoms with Crippen LogP contribution in [0.3, 0.4) is 0 Å². The zero-order chi connectivity index (χ0) is 18.5. The highest BCUT2D eigenvalue weighted by Gasteiger charge is 2.37. The lowest BCUT2D eigenvalue weighted by molar-refractivity contribution is -0.124. The van der Waals surface area contributed by atoms with E-state index in [9.17, 15) is 4.79 Å².